The lowest BCUT2D eigenvalue weighted by molar-refractivity contribution is -0.122. The molecule has 2 rings (SSSR count). The first-order valence-corrected chi connectivity index (χ1v) is 7.46. The number of benzene rings is 1. The van der Waals surface area contributed by atoms with Crippen molar-refractivity contribution in [1.29, 1.82) is 0 Å². The molecule has 21 heavy (non-hydrogen) atoms. The van der Waals surface area contributed by atoms with Crippen molar-refractivity contribution in [2.45, 2.75) is 19.8 Å². The number of ether oxygens (including phenoxy) is 1. The molecule has 0 radical (unpaired) electrons. The van der Waals surface area contributed by atoms with Gasteiger partial charge in [0.2, 0.25) is 5.91 Å². The Balaban J connectivity index is 2.02. The maximum absolute atomic E-state index is 12.1. The summed E-state index contributed by atoms with van der Waals surface area (Å²) in [6.45, 7) is 3.62. The second-order valence-electron chi connectivity index (χ2n) is 4.93. The number of nitrogens with one attached hydrogen (secondary N) is 2. The third-order valence-corrected chi connectivity index (χ3v) is 3.72. The first-order chi connectivity index (χ1) is 10.1. The molecule has 2 amide bonds. The van der Waals surface area contributed by atoms with Gasteiger partial charge in [0.1, 0.15) is 0 Å². The zero-order chi connectivity index (χ0) is 15.2. The van der Waals surface area contributed by atoms with E-state index >= 15 is 0 Å². The number of hydrogen-bond donors (Lipinski definition) is 2. The van der Waals surface area contributed by atoms with Crippen molar-refractivity contribution in [2.24, 2.45) is 5.92 Å². The average Bonchev–Trinajstić information content (AvgIpc) is 2.48. The highest BCUT2D eigenvalue weighted by Gasteiger charge is 2.21. The summed E-state index contributed by atoms with van der Waals surface area (Å²) in [5.41, 5.74) is 1.01. The van der Waals surface area contributed by atoms with Gasteiger partial charge in [0.15, 0.2) is 0 Å². The number of anilines is 1. The molecule has 6 heteroatoms. The summed E-state index contributed by atoms with van der Waals surface area (Å²) in [5.74, 6) is -0.273. The fraction of sp³-hybridized carbons (Fsp3) is 0.467. The van der Waals surface area contributed by atoms with Crippen LogP contribution in [0.4, 0.5) is 5.69 Å². The van der Waals surface area contributed by atoms with Crippen LogP contribution in [0.3, 0.4) is 0 Å². The minimum Gasteiger partial charge on any atom is -0.381 e. The molecule has 114 valence electrons. The number of halogens is 1. The Labute approximate surface area is 129 Å². The Bertz CT molecular complexity index is 528. The Hall–Kier alpha value is -1.59. The van der Waals surface area contributed by atoms with Crippen molar-refractivity contribution in [1.82, 2.24) is 5.32 Å². The van der Waals surface area contributed by atoms with Gasteiger partial charge in [-0.05, 0) is 38.0 Å². The summed E-state index contributed by atoms with van der Waals surface area (Å²) in [7, 11) is 0. The summed E-state index contributed by atoms with van der Waals surface area (Å²) >= 11 is 6.10. The van der Waals surface area contributed by atoms with Crippen LogP contribution >= 0.6 is 11.6 Å². The maximum atomic E-state index is 12.1. The lowest BCUT2D eigenvalue weighted by atomic mass is 9.99. The van der Waals surface area contributed by atoms with Crippen LogP contribution in [0.5, 0.6) is 0 Å². The third kappa shape index (κ3) is 4.19. The van der Waals surface area contributed by atoms with E-state index in [0.717, 1.165) is 12.8 Å². The van der Waals surface area contributed by atoms with E-state index in [1.165, 1.54) is 0 Å². The Morgan fingerprint density at radius 1 is 1.33 bits per heavy atom. The summed E-state index contributed by atoms with van der Waals surface area (Å²) in [6.07, 6.45) is 1.47. The molecule has 1 aromatic carbocycles. The largest absolute Gasteiger partial charge is 0.381 e. The molecule has 0 unspecified atom stereocenters. The predicted octanol–water partition coefficient (Wildman–Crippen LogP) is 2.45. The van der Waals surface area contributed by atoms with E-state index in [4.69, 9.17) is 16.3 Å². The molecule has 1 aliphatic heterocycles. The molecule has 0 saturated carbocycles. The summed E-state index contributed by atoms with van der Waals surface area (Å²) in [6, 6.07) is 4.91. The fourth-order valence-corrected chi connectivity index (χ4v) is 2.50. The predicted molar refractivity (Wildman–Crippen MR) is 81.6 cm³/mol. The topological polar surface area (TPSA) is 67.4 Å². The Morgan fingerprint density at radius 3 is 2.67 bits per heavy atom. The smallest absolute Gasteiger partial charge is 0.252 e. The average molecular weight is 311 g/mol. The highest BCUT2D eigenvalue weighted by molar-refractivity contribution is 6.34. The third-order valence-electron chi connectivity index (χ3n) is 3.41. The zero-order valence-corrected chi connectivity index (χ0v) is 12.7. The number of carbonyl (C=O) groups excluding carboxylic acids is 2. The van der Waals surface area contributed by atoms with Crippen LogP contribution < -0.4 is 10.6 Å². The lowest BCUT2D eigenvalue weighted by Crippen LogP contribution is -2.28. The normalized spacial score (nSPS) is 15.5. The molecule has 1 saturated heterocycles. The quantitative estimate of drug-likeness (QED) is 0.897. The van der Waals surface area contributed by atoms with Crippen LogP contribution in [0.15, 0.2) is 18.2 Å². The van der Waals surface area contributed by atoms with Gasteiger partial charge in [-0.25, -0.2) is 0 Å². The standard InChI is InChI=1S/C15H19ClN2O3/c1-2-17-15(20)12-4-3-11(9-13(12)16)18-14(19)10-5-7-21-8-6-10/h3-4,9-10H,2,5-8H2,1H3,(H,17,20)(H,18,19). The molecule has 2 N–H and O–H groups in total. The molecular weight excluding hydrogens is 292 g/mol. The van der Waals surface area contributed by atoms with Crippen LogP contribution in [0.1, 0.15) is 30.1 Å². The second kappa shape index (κ2) is 7.43. The Morgan fingerprint density at radius 2 is 2.05 bits per heavy atom. The van der Waals surface area contributed by atoms with E-state index < -0.39 is 0 Å². The van der Waals surface area contributed by atoms with E-state index in [1.54, 1.807) is 18.2 Å². The molecule has 1 aromatic rings. The summed E-state index contributed by atoms with van der Waals surface area (Å²) in [4.78, 5) is 23.9. The van der Waals surface area contributed by atoms with Crippen molar-refractivity contribution < 1.29 is 14.3 Å². The minimum atomic E-state index is -0.218. The molecule has 5 nitrogen and oxygen atoms in total. The number of amides is 2. The van der Waals surface area contributed by atoms with Crippen LogP contribution in [0.25, 0.3) is 0 Å². The van der Waals surface area contributed by atoms with Gasteiger partial charge in [0, 0.05) is 31.4 Å². The fourth-order valence-electron chi connectivity index (χ4n) is 2.24. The minimum absolute atomic E-state index is 0.0272. The Kier molecular flexibility index (Phi) is 5.59. The van der Waals surface area contributed by atoms with Crippen LogP contribution in [-0.4, -0.2) is 31.6 Å². The molecule has 0 spiro atoms. The molecule has 1 heterocycles. The highest BCUT2D eigenvalue weighted by Crippen LogP contribution is 2.23. The molecule has 0 aromatic heterocycles. The molecule has 0 aliphatic carbocycles. The van der Waals surface area contributed by atoms with Crippen molar-refractivity contribution in [3.63, 3.8) is 0 Å². The van der Waals surface area contributed by atoms with Gasteiger partial charge in [0.05, 0.1) is 10.6 Å². The van der Waals surface area contributed by atoms with Gasteiger partial charge in [-0.2, -0.15) is 0 Å². The van der Waals surface area contributed by atoms with Gasteiger partial charge in [-0.3, -0.25) is 9.59 Å². The SMILES string of the molecule is CCNC(=O)c1ccc(NC(=O)C2CCOCC2)cc1Cl. The van der Waals surface area contributed by atoms with E-state index in [0.29, 0.717) is 36.0 Å². The maximum Gasteiger partial charge on any atom is 0.252 e. The van der Waals surface area contributed by atoms with E-state index in [-0.39, 0.29) is 17.7 Å². The molecular formula is C15H19ClN2O3. The van der Waals surface area contributed by atoms with Gasteiger partial charge >= 0.3 is 0 Å². The van der Waals surface area contributed by atoms with E-state index in [2.05, 4.69) is 10.6 Å². The van der Waals surface area contributed by atoms with Crippen LogP contribution in [0, 0.1) is 5.92 Å². The van der Waals surface area contributed by atoms with Gasteiger partial charge in [-0.1, -0.05) is 11.6 Å². The van der Waals surface area contributed by atoms with Crippen LogP contribution in [-0.2, 0) is 9.53 Å². The zero-order valence-electron chi connectivity index (χ0n) is 11.9. The van der Waals surface area contributed by atoms with Crippen molar-refractivity contribution in [3.05, 3.63) is 28.8 Å². The molecule has 1 fully saturated rings. The number of hydrogen-bond acceptors (Lipinski definition) is 3. The molecule has 1 aliphatic rings. The number of carbonyl (C=O) groups is 2. The first-order valence-electron chi connectivity index (χ1n) is 7.08. The van der Waals surface area contributed by atoms with Crippen molar-refractivity contribution >= 4 is 29.1 Å². The number of rotatable bonds is 4. The van der Waals surface area contributed by atoms with Gasteiger partial charge in [0.25, 0.3) is 5.91 Å². The first kappa shape index (κ1) is 15.8. The van der Waals surface area contributed by atoms with Crippen LogP contribution in [0.2, 0.25) is 5.02 Å². The van der Waals surface area contributed by atoms with E-state index in [1.807, 2.05) is 6.92 Å². The summed E-state index contributed by atoms with van der Waals surface area (Å²) in [5, 5.41) is 5.85. The van der Waals surface area contributed by atoms with E-state index in [9.17, 15) is 9.59 Å². The van der Waals surface area contributed by atoms with Crippen molar-refractivity contribution in [2.75, 3.05) is 25.1 Å². The van der Waals surface area contributed by atoms with Gasteiger partial charge in [-0.15, -0.1) is 0 Å². The van der Waals surface area contributed by atoms with Gasteiger partial charge < -0.3 is 15.4 Å². The molecule has 0 atom stereocenters. The second-order valence-corrected chi connectivity index (χ2v) is 5.34. The monoisotopic (exact) mass is 310 g/mol. The molecule has 0 bridgehead atoms. The van der Waals surface area contributed by atoms with Crippen molar-refractivity contribution in [3.8, 4) is 0 Å². The highest BCUT2D eigenvalue weighted by atomic mass is 35.5. The summed E-state index contributed by atoms with van der Waals surface area (Å²) < 4.78 is 5.24. The lowest BCUT2D eigenvalue weighted by Gasteiger charge is -2.21.